The molecule has 108 valence electrons. The number of anilines is 1. The van der Waals surface area contributed by atoms with Gasteiger partial charge in [-0.05, 0) is 12.0 Å². The minimum absolute atomic E-state index is 0.186. The van der Waals surface area contributed by atoms with Gasteiger partial charge in [-0.15, -0.1) is 0 Å². The van der Waals surface area contributed by atoms with E-state index in [1.54, 1.807) is 11.9 Å². The van der Waals surface area contributed by atoms with Crippen molar-refractivity contribution in [2.75, 3.05) is 25.5 Å². The zero-order valence-corrected chi connectivity index (χ0v) is 12.0. The normalized spacial score (nSPS) is 10.2. The first kappa shape index (κ1) is 15.9. The molecule has 0 bridgehead atoms. The predicted molar refractivity (Wildman–Crippen MR) is 74.7 cm³/mol. The molecule has 0 spiro atoms. The Morgan fingerprint density at radius 2 is 2.30 bits per heavy atom. The van der Waals surface area contributed by atoms with E-state index in [1.165, 1.54) is 6.07 Å². The summed E-state index contributed by atoms with van der Waals surface area (Å²) < 4.78 is 13.3. The molecule has 0 unspecified atom stereocenters. The van der Waals surface area contributed by atoms with Crippen LogP contribution in [0.2, 0.25) is 0 Å². The maximum atomic E-state index is 13.3. The molecule has 1 heterocycles. The summed E-state index contributed by atoms with van der Waals surface area (Å²) >= 11 is 0. The summed E-state index contributed by atoms with van der Waals surface area (Å²) in [5.74, 6) is -0.276. The van der Waals surface area contributed by atoms with Gasteiger partial charge >= 0.3 is 0 Å². The number of hydrogen-bond acceptors (Lipinski definition) is 4. The summed E-state index contributed by atoms with van der Waals surface area (Å²) in [5.41, 5.74) is 0.186. The number of amides is 1. The van der Waals surface area contributed by atoms with Crippen LogP contribution in [0.3, 0.4) is 0 Å². The molecule has 1 amide bonds. The summed E-state index contributed by atoms with van der Waals surface area (Å²) in [7, 11) is 1.62. The van der Waals surface area contributed by atoms with Crippen molar-refractivity contribution in [1.29, 1.82) is 5.26 Å². The molecular weight excluding hydrogens is 259 g/mol. The van der Waals surface area contributed by atoms with E-state index in [4.69, 9.17) is 5.26 Å². The lowest BCUT2D eigenvalue weighted by atomic mass is 10.1. The van der Waals surface area contributed by atoms with Crippen molar-refractivity contribution < 1.29 is 9.18 Å². The number of nitriles is 1. The summed E-state index contributed by atoms with van der Waals surface area (Å²) in [6.45, 7) is 4.80. The maximum Gasteiger partial charge on any atom is 0.257 e. The Balaban J connectivity index is 3.04. The van der Waals surface area contributed by atoms with E-state index in [0.29, 0.717) is 18.9 Å². The summed E-state index contributed by atoms with van der Waals surface area (Å²) in [4.78, 5) is 17.9. The Morgan fingerprint density at radius 1 is 1.60 bits per heavy atom. The second-order valence-electron chi connectivity index (χ2n) is 4.85. The lowest BCUT2D eigenvalue weighted by Gasteiger charge is -2.24. The fourth-order valence-electron chi connectivity index (χ4n) is 1.87. The molecule has 0 aromatic carbocycles. The number of rotatable bonds is 6. The van der Waals surface area contributed by atoms with Gasteiger partial charge in [-0.25, -0.2) is 9.37 Å². The molecule has 0 aliphatic heterocycles. The van der Waals surface area contributed by atoms with Crippen LogP contribution in [0.15, 0.2) is 12.3 Å². The number of aromatic nitrogens is 1. The van der Waals surface area contributed by atoms with Crippen LogP contribution in [0.25, 0.3) is 0 Å². The standard InChI is InChI=1S/C14H19FN4O/c1-10(2)9-19(6-4-5-16)14(20)12-7-11(15)8-18-13(12)17-3/h7-8,10H,4,6,9H2,1-3H3,(H,17,18). The lowest BCUT2D eigenvalue weighted by molar-refractivity contribution is 0.0740. The monoisotopic (exact) mass is 278 g/mol. The van der Waals surface area contributed by atoms with Crippen molar-refractivity contribution in [3.8, 4) is 6.07 Å². The van der Waals surface area contributed by atoms with E-state index in [-0.39, 0.29) is 23.8 Å². The number of carbonyl (C=O) groups excluding carboxylic acids is 1. The SMILES string of the molecule is CNc1ncc(F)cc1C(=O)N(CCC#N)CC(C)C. The molecule has 0 saturated carbocycles. The van der Waals surface area contributed by atoms with Crippen LogP contribution in [-0.2, 0) is 0 Å². The minimum Gasteiger partial charge on any atom is -0.372 e. The van der Waals surface area contributed by atoms with E-state index in [0.717, 1.165) is 6.20 Å². The molecule has 1 rings (SSSR count). The molecule has 1 N–H and O–H groups in total. The van der Waals surface area contributed by atoms with Gasteiger partial charge in [0.1, 0.15) is 11.6 Å². The van der Waals surface area contributed by atoms with Gasteiger partial charge in [-0.3, -0.25) is 4.79 Å². The van der Waals surface area contributed by atoms with Gasteiger partial charge in [-0.2, -0.15) is 5.26 Å². The second kappa shape index (κ2) is 7.43. The van der Waals surface area contributed by atoms with Gasteiger partial charge in [-0.1, -0.05) is 13.8 Å². The molecule has 5 nitrogen and oxygen atoms in total. The summed E-state index contributed by atoms with van der Waals surface area (Å²) in [6.07, 6.45) is 1.31. The largest absolute Gasteiger partial charge is 0.372 e. The topological polar surface area (TPSA) is 69.0 Å². The first-order valence-corrected chi connectivity index (χ1v) is 6.49. The minimum atomic E-state index is -0.558. The van der Waals surface area contributed by atoms with Gasteiger partial charge in [0.15, 0.2) is 0 Å². The zero-order chi connectivity index (χ0) is 15.1. The number of carbonyl (C=O) groups is 1. The van der Waals surface area contributed by atoms with Crippen LogP contribution in [0, 0.1) is 23.1 Å². The Kier molecular flexibility index (Phi) is 5.91. The lowest BCUT2D eigenvalue weighted by Crippen LogP contribution is -2.35. The van der Waals surface area contributed by atoms with Crippen LogP contribution in [0.5, 0.6) is 0 Å². The van der Waals surface area contributed by atoms with E-state index in [9.17, 15) is 9.18 Å². The molecule has 0 radical (unpaired) electrons. The van der Waals surface area contributed by atoms with Gasteiger partial charge in [0, 0.05) is 20.1 Å². The Hall–Kier alpha value is -2.16. The fourth-order valence-corrected chi connectivity index (χ4v) is 1.87. The van der Waals surface area contributed by atoms with E-state index < -0.39 is 5.82 Å². The third-order valence-electron chi connectivity index (χ3n) is 2.69. The molecule has 0 aliphatic rings. The van der Waals surface area contributed by atoms with Crippen molar-refractivity contribution in [2.24, 2.45) is 5.92 Å². The van der Waals surface area contributed by atoms with Crippen LogP contribution in [0.4, 0.5) is 10.2 Å². The van der Waals surface area contributed by atoms with Crippen molar-refractivity contribution in [1.82, 2.24) is 9.88 Å². The van der Waals surface area contributed by atoms with Gasteiger partial charge < -0.3 is 10.2 Å². The molecular formula is C14H19FN4O. The number of nitrogens with one attached hydrogen (secondary N) is 1. The molecule has 1 aromatic heterocycles. The molecule has 0 aliphatic carbocycles. The van der Waals surface area contributed by atoms with Crippen LogP contribution < -0.4 is 5.32 Å². The van der Waals surface area contributed by atoms with Gasteiger partial charge in [0.25, 0.3) is 5.91 Å². The summed E-state index contributed by atoms with van der Waals surface area (Å²) in [6, 6.07) is 3.19. The third kappa shape index (κ3) is 4.19. The highest BCUT2D eigenvalue weighted by molar-refractivity contribution is 5.98. The van der Waals surface area contributed by atoms with Crippen molar-refractivity contribution in [3.63, 3.8) is 0 Å². The van der Waals surface area contributed by atoms with E-state index in [2.05, 4.69) is 10.3 Å². The number of pyridine rings is 1. The van der Waals surface area contributed by atoms with Crippen molar-refractivity contribution in [2.45, 2.75) is 20.3 Å². The Labute approximate surface area is 118 Å². The zero-order valence-electron chi connectivity index (χ0n) is 12.0. The average molecular weight is 278 g/mol. The van der Waals surface area contributed by atoms with Crippen LogP contribution >= 0.6 is 0 Å². The molecule has 0 saturated heterocycles. The van der Waals surface area contributed by atoms with Crippen molar-refractivity contribution in [3.05, 3.63) is 23.6 Å². The fraction of sp³-hybridized carbons (Fsp3) is 0.500. The molecule has 0 atom stereocenters. The number of nitrogens with zero attached hydrogens (tertiary/aromatic N) is 3. The van der Waals surface area contributed by atoms with E-state index >= 15 is 0 Å². The van der Waals surface area contributed by atoms with Gasteiger partial charge in [0.2, 0.25) is 0 Å². The molecule has 0 fully saturated rings. The predicted octanol–water partition coefficient (Wildman–Crippen LogP) is 2.27. The first-order valence-electron chi connectivity index (χ1n) is 6.49. The average Bonchev–Trinajstić information content (AvgIpc) is 2.42. The van der Waals surface area contributed by atoms with Crippen LogP contribution in [-0.4, -0.2) is 35.9 Å². The Bertz CT molecular complexity index is 510. The molecule has 20 heavy (non-hydrogen) atoms. The van der Waals surface area contributed by atoms with Gasteiger partial charge in [0.05, 0.1) is 24.3 Å². The number of halogens is 1. The van der Waals surface area contributed by atoms with Crippen molar-refractivity contribution >= 4 is 11.7 Å². The molecule has 6 heteroatoms. The number of hydrogen-bond donors (Lipinski definition) is 1. The highest BCUT2D eigenvalue weighted by Crippen LogP contribution is 2.16. The Morgan fingerprint density at radius 3 is 2.85 bits per heavy atom. The maximum absolute atomic E-state index is 13.3. The quantitative estimate of drug-likeness (QED) is 0.866. The smallest absolute Gasteiger partial charge is 0.257 e. The highest BCUT2D eigenvalue weighted by atomic mass is 19.1. The first-order chi connectivity index (χ1) is 9.49. The second-order valence-corrected chi connectivity index (χ2v) is 4.85. The third-order valence-corrected chi connectivity index (χ3v) is 2.69. The van der Waals surface area contributed by atoms with E-state index in [1.807, 2.05) is 19.9 Å². The van der Waals surface area contributed by atoms with Crippen LogP contribution in [0.1, 0.15) is 30.6 Å². The highest BCUT2D eigenvalue weighted by Gasteiger charge is 2.20. The summed E-state index contributed by atoms with van der Waals surface area (Å²) in [5, 5.41) is 11.5. The molecule has 1 aromatic rings.